The summed E-state index contributed by atoms with van der Waals surface area (Å²) in [5.74, 6) is -1.68. The van der Waals surface area contributed by atoms with Gasteiger partial charge in [0.15, 0.2) is 0 Å². The smallest absolute Gasteiger partial charge is 0.355 e. The first-order valence-electron chi connectivity index (χ1n) is 5.83. The zero-order chi connectivity index (χ0) is 14.9. The lowest BCUT2D eigenvalue weighted by atomic mass is 10.1. The third kappa shape index (κ3) is 2.16. The van der Waals surface area contributed by atoms with E-state index in [1.54, 1.807) is 18.2 Å². The molecule has 20 heavy (non-hydrogen) atoms. The van der Waals surface area contributed by atoms with E-state index in [1.165, 1.54) is 7.11 Å². The van der Waals surface area contributed by atoms with Crippen LogP contribution < -0.4 is 5.43 Å². The largest absolute Gasteiger partial charge is 0.465 e. The number of methoxy groups -OCH3 is 2. The summed E-state index contributed by atoms with van der Waals surface area (Å²) >= 11 is 0. The van der Waals surface area contributed by atoms with Crippen molar-refractivity contribution >= 4 is 22.8 Å². The summed E-state index contributed by atoms with van der Waals surface area (Å²) in [6, 6.07) is 5.10. The highest BCUT2D eigenvalue weighted by Crippen LogP contribution is 2.15. The molecule has 1 aromatic heterocycles. The first kappa shape index (κ1) is 13.8. The van der Waals surface area contributed by atoms with E-state index in [2.05, 4.69) is 14.5 Å². The van der Waals surface area contributed by atoms with Gasteiger partial charge >= 0.3 is 11.9 Å². The Bertz CT molecular complexity index is 760. The van der Waals surface area contributed by atoms with Crippen molar-refractivity contribution in [3.8, 4) is 0 Å². The first-order chi connectivity index (χ1) is 9.49. The fourth-order valence-electron chi connectivity index (χ4n) is 1.95. The fourth-order valence-corrected chi connectivity index (χ4v) is 1.95. The maximum Gasteiger partial charge on any atom is 0.355 e. The van der Waals surface area contributed by atoms with E-state index in [9.17, 15) is 14.4 Å². The number of aryl methyl sites for hydroxylation is 1. The predicted molar refractivity (Wildman–Crippen MR) is 72.0 cm³/mol. The Morgan fingerprint density at radius 2 is 1.75 bits per heavy atom. The predicted octanol–water partition coefficient (Wildman–Crippen LogP) is 1.41. The summed E-state index contributed by atoms with van der Waals surface area (Å²) in [4.78, 5) is 38.6. The number of fused-ring (bicyclic) bond motifs is 1. The first-order valence-corrected chi connectivity index (χ1v) is 5.83. The van der Waals surface area contributed by atoms with Crippen molar-refractivity contribution in [3.05, 3.63) is 45.2 Å². The zero-order valence-electron chi connectivity index (χ0n) is 11.3. The highest BCUT2D eigenvalue weighted by atomic mass is 16.5. The van der Waals surface area contributed by atoms with Gasteiger partial charge in [-0.2, -0.15) is 0 Å². The van der Waals surface area contributed by atoms with Gasteiger partial charge in [-0.3, -0.25) is 4.79 Å². The van der Waals surface area contributed by atoms with Crippen LogP contribution in [0.25, 0.3) is 10.9 Å². The van der Waals surface area contributed by atoms with Crippen LogP contribution in [0.3, 0.4) is 0 Å². The Kier molecular flexibility index (Phi) is 3.56. The van der Waals surface area contributed by atoms with E-state index >= 15 is 0 Å². The van der Waals surface area contributed by atoms with Gasteiger partial charge in [-0.25, -0.2) is 9.59 Å². The SMILES string of the molecule is COC(=O)c1[nH]c2ccc(C)cc2c(=O)c1C(=O)OC. The van der Waals surface area contributed by atoms with E-state index in [0.717, 1.165) is 12.7 Å². The molecular formula is C14H13NO5. The van der Waals surface area contributed by atoms with Gasteiger partial charge in [0.2, 0.25) is 5.43 Å². The molecule has 0 aliphatic carbocycles. The van der Waals surface area contributed by atoms with Crippen molar-refractivity contribution in [2.24, 2.45) is 0 Å². The van der Waals surface area contributed by atoms with Crippen LogP contribution >= 0.6 is 0 Å². The Morgan fingerprint density at radius 1 is 1.10 bits per heavy atom. The van der Waals surface area contributed by atoms with Crippen LogP contribution in [-0.2, 0) is 9.47 Å². The topological polar surface area (TPSA) is 85.5 Å². The number of aromatic amines is 1. The average Bonchev–Trinajstić information content (AvgIpc) is 2.46. The van der Waals surface area contributed by atoms with Gasteiger partial charge in [0.1, 0.15) is 11.3 Å². The van der Waals surface area contributed by atoms with Gasteiger partial charge in [-0.05, 0) is 19.1 Å². The minimum absolute atomic E-state index is 0.208. The van der Waals surface area contributed by atoms with Crippen molar-refractivity contribution < 1.29 is 19.1 Å². The molecule has 0 aliphatic heterocycles. The Hall–Kier alpha value is -2.63. The minimum Gasteiger partial charge on any atom is -0.465 e. The second-order valence-corrected chi connectivity index (χ2v) is 4.24. The fraction of sp³-hybridized carbons (Fsp3) is 0.214. The van der Waals surface area contributed by atoms with Crippen molar-refractivity contribution in [3.63, 3.8) is 0 Å². The third-order valence-electron chi connectivity index (χ3n) is 2.94. The molecule has 0 amide bonds. The summed E-state index contributed by atoms with van der Waals surface area (Å²) in [5, 5.41) is 0.318. The van der Waals surface area contributed by atoms with Crippen LogP contribution in [-0.4, -0.2) is 31.1 Å². The molecule has 6 nitrogen and oxygen atoms in total. The molecule has 2 aromatic rings. The van der Waals surface area contributed by atoms with Crippen molar-refractivity contribution in [1.82, 2.24) is 4.98 Å². The van der Waals surface area contributed by atoms with Gasteiger partial charge in [0.25, 0.3) is 0 Å². The van der Waals surface area contributed by atoms with Crippen molar-refractivity contribution in [2.45, 2.75) is 6.92 Å². The van der Waals surface area contributed by atoms with Gasteiger partial charge in [-0.1, -0.05) is 11.6 Å². The van der Waals surface area contributed by atoms with E-state index in [-0.39, 0.29) is 11.3 Å². The molecule has 1 aromatic carbocycles. The molecule has 0 fully saturated rings. The van der Waals surface area contributed by atoms with Gasteiger partial charge in [0, 0.05) is 10.9 Å². The molecule has 0 aliphatic rings. The number of benzene rings is 1. The number of nitrogens with one attached hydrogen (secondary N) is 1. The molecular weight excluding hydrogens is 262 g/mol. The summed E-state index contributed by atoms with van der Waals surface area (Å²) in [5.41, 5.74) is 0.200. The number of aromatic nitrogens is 1. The van der Waals surface area contributed by atoms with Crippen LogP contribution in [0, 0.1) is 6.92 Å². The monoisotopic (exact) mass is 275 g/mol. The lowest BCUT2D eigenvalue weighted by Crippen LogP contribution is -2.24. The van der Waals surface area contributed by atoms with Gasteiger partial charge in [-0.15, -0.1) is 0 Å². The summed E-state index contributed by atoms with van der Waals surface area (Å²) < 4.78 is 9.15. The Morgan fingerprint density at radius 3 is 2.35 bits per heavy atom. The zero-order valence-corrected chi connectivity index (χ0v) is 11.3. The average molecular weight is 275 g/mol. The number of ether oxygens (including phenoxy) is 2. The van der Waals surface area contributed by atoms with E-state index in [4.69, 9.17) is 0 Å². The molecule has 0 radical (unpaired) electrons. The van der Waals surface area contributed by atoms with Gasteiger partial charge in [0.05, 0.1) is 14.2 Å². The van der Waals surface area contributed by atoms with E-state index in [1.807, 2.05) is 6.92 Å². The van der Waals surface area contributed by atoms with Crippen LogP contribution in [0.1, 0.15) is 26.4 Å². The van der Waals surface area contributed by atoms with Crippen LogP contribution in [0.4, 0.5) is 0 Å². The van der Waals surface area contributed by atoms with Crippen molar-refractivity contribution in [1.29, 1.82) is 0 Å². The third-order valence-corrected chi connectivity index (χ3v) is 2.94. The maximum atomic E-state index is 12.4. The normalized spacial score (nSPS) is 10.3. The molecule has 0 unspecified atom stereocenters. The van der Waals surface area contributed by atoms with Gasteiger partial charge < -0.3 is 14.5 Å². The van der Waals surface area contributed by atoms with Crippen molar-refractivity contribution in [2.75, 3.05) is 14.2 Å². The molecule has 1 heterocycles. The summed E-state index contributed by atoms with van der Waals surface area (Å²) in [6.45, 7) is 1.82. The number of pyridine rings is 1. The second kappa shape index (κ2) is 5.16. The summed E-state index contributed by atoms with van der Waals surface area (Å²) in [7, 11) is 2.31. The van der Waals surface area contributed by atoms with Crippen LogP contribution in [0.5, 0.6) is 0 Å². The van der Waals surface area contributed by atoms with E-state index < -0.39 is 17.4 Å². The number of rotatable bonds is 2. The highest BCUT2D eigenvalue weighted by Gasteiger charge is 2.24. The number of hydrogen-bond donors (Lipinski definition) is 1. The molecule has 1 N–H and O–H groups in total. The number of carbonyl (C=O) groups excluding carboxylic acids is 2. The number of H-pyrrole nitrogens is 1. The number of carbonyl (C=O) groups is 2. The van der Waals surface area contributed by atoms with E-state index in [0.29, 0.717) is 10.9 Å². The van der Waals surface area contributed by atoms with Crippen LogP contribution in [0.15, 0.2) is 23.0 Å². The van der Waals surface area contributed by atoms with Crippen LogP contribution in [0.2, 0.25) is 0 Å². The lowest BCUT2D eigenvalue weighted by molar-refractivity contribution is 0.0549. The molecule has 2 rings (SSSR count). The summed E-state index contributed by atoms with van der Waals surface area (Å²) in [6.07, 6.45) is 0. The standard InChI is InChI=1S/C14H13NO5/c1-7-4-5-9-8(6-7)12(16)10(13(17)19-2)11(15-9)14(18)20-3/h4-6H,1-3H3,(H,15,16). The molecule has 0 saturated carbocycles. The number of esters is 2. The minimum atomic E-state index is -0.880. The Labute approximate surface area is 114 Å². The molecule has 104 valence electrons. The second-order valence-electron chi connectivity index (χ2n) is 4.24. The highest BCUT2D eigenvalue weighted by molar-refractivity contribution is 6.04. The maximum absolute atomic E-state index is 12.4. The molecule has 0 spiro atoms. The quantitative estimate of drug-likeness (QED) is 0.837. The molecule has 0 atom stereocenters. The molecule has 6 heteroatoms. The Balaban J connectivity index is 2.91. The molecule has 0 saturated heterocycles. The number of hydrogen-bond acceptors (Lipinski definition) is 5. The molecule has 0 bridgehead atoms. The lowest BCUT2D eigenvalue weighted by Gasteiger charge is -2.08.